The third kappa shape index (κ3) is 4.57. The topological polar surface area (TPSA) is 63.1 Å². The predicted molar refractivity (Wildman–Crippen MR) is 126 cm³/mol. The fraction of sp³-hybridized carbons (Fsp3) is 0.348. The zero-order chi connectivity index (χ0) is 21.8. The van der Waals surface area contributed by atoms with Gasteiger partial charge in [-0.2, -0.15) is 0 Å². The minimum atomic E-state index is -0.348. The van der Waals surface area contributed by atoms with Gasteiger partial charge in [0, 0.05) is 23.7 Å². The zero-order valence-electron chi connectivity index (χ0n) is 17.7. The predicted octanol–water partition coefficient (Wildman–Crippen LogP) is 5.01. The third-order valence-corrected chi connectivity index (χ3v) is 6.69. The van der Waals surface area contributed by atoms with E-state index in [-0.39, 0.29) is 17.2 Å². The zero-order valence-corrected chi connectivity index (χ0v) is 19.2. The minimum absolute atomic E-state index is 0.122. The number of hydrogen-bond acceptors (Lipinski definition) is 5. The first-order valence-corrected chi connectivity index (χ1v) is 11.9. The molecule has 0 saturated heterocycles. The Morgan fingerprint density at radius 2 is 1.74 bits per heavy atom. The van der Waals surface area contributed by atoms with Crippen molar-refractivity contribution >= 4 is 29.3 Å². The molecule has 1 N–H and O–H groups in total. The number of carbonyl (C=O) groups excluding carboxylic acids is 1. The molecule has 1 aromatic heterocycles. The quantitative estimate of drug-likeness (QED) is 0.542. The maximum atomic E-state index is 13.6. The SMILES string of the molecule is CCCN(CCC)C(=O)[C@@H]1Sc2nnc(-c3ccccc3)n2N[C@@H]1c1ccc(Cl)cc1. The van der Waals surface area contributed by atoms with E-state index in [1.807, 2.05) is 64.2 Å². The molecule has 31 heavy (non-hydrogen) atoms. The molecule has 0 saturated carbocycles. The molecule has 2 atom stereocenters. The highest BCUT2D eigenvalue weighted by Crippen LogP contribution is 2.39. The molecule has 1 amide bonds. The highest BCUT2D eigenvalue weighted by molar-refractivity contribution is 8.00. The molecule has 1 aliphatic heterocycles. The van der Waals surface area contributed by atoms with Crippen LogP contribution in [0.4, 0.5) is 0 Å². The van der Waals surface area contributed by atoms with Crippen LogP contribution < -0.4 is 5.43 Å². The average Bonchev–Trinajstić information content (AvgIpc) is 3.22. The van der Waals surface area contributed by atoms with Gasteiger partial charge in [-0.15, -0.1) is 10.2 Å². The summed E-state index contributed by atoms with van der Waals surface area (Å²) in [4.78, 5) is 15.6. The number of rotatable bonds is 7. The Morgan fingerprint density at radius 3 is 2.39 bits per heavy atom. The molecule has 8 heteroatoms. The monoisotopic (exact) mass is 455 g/mol. The number of carbonyl (C=O) groups is 1. The first-order valence-electron chi connectivity index (χ1n) is 10.6. The number of halogens is 1. The summed E-state index contributed by atoms with van der Waals surface area (Å²) in [6.07, 6.45) is 1.85. The van der Waals surface area contributed by atoms with Gasteiger partial charge in [-0.05, 0) is 30.5 Å². The molecule has 0 radical (unpaired) electrons. The highest BCUT2D eigenvalue weighted by Gasteiger charge is 2.39. The lowest BCUT2D eigenvalue weighted by Crippen LogP contribution is -2.46. The summed E-state index contributed by atoms with van der Waals surface area (Å²) < 4.78 is 1.90. The Kier molecular flexibility index (Phi) is 6.83. The van der Waals surface area contributed by atoms with Crippen LogP contribution >= 0.6 is 23.4 Å². The molecule has 6 nitrogen and oxygen atoms in total. The van der Waals surface area contributed by atoms with E-state index in [9.17, 15) is 4.79 Å². The van der Waals surface area contributed by atoms with Crippen molar-refractivity contribution < 1.29 is 4.79 Å². The summed E-state index contributed by atoms with van der Waals surface area (Å²) in [7, 11) is 0. The second kappa shape index (κ2) is 9.75. The van der Waals surface area contributed by atoms with Crippen LogP contribution in [-0.4, -0.2) is 44.0 Å². The Bertz CT molecular complexity index is 1020. The van der Waals surface area contributed by atoms with Crippen LogP contribution in [0.5, 0.6) is 0 Å². The number of hydrogen-bond donors (Lipinski definition) is 1. The van der Waals surface area contributed by atoms with Crippen molar-refractivity contribution in [2.75, 3.05) is 18.5 Å². The van der Waals surface area contributed by atoms with Crippen LogP contribution in [0.25, 0.3) is 11.4 Å². The van der Waals surface area contributed by atoms with Gasteiger partial charge in [0.1, 0.15) is 5.25 Å². The fourth-order valence-electron chi connectivity index (χ4n) is 3.79. The molecule has 3 aromatic rings. The van der Waals surface area contributed by atoms with Gasteiger partial charge in [-0.3, -0.25) is 4.79 Å². The summed E-state index contributed by atoms with van der Waals surface area (Å²) in [6.45, 7) is 5.70. The number of nitrogens with zero attached hydrogens (tertiary/aromatic N) is 4. The van der Waals surface area contributed by atoms with Gasteiger partial charge in [0.2, 0.25) is 11.1 Å². The van der Waals surface area contributed by atoms with Crippen molar-refractivity contribution in [3.63, 3.8) is 0 Å². The number of aromatic nitrogens is 3. The standard InChI is InChI=1S/C23H26ClN5OS/c1-3-14-28(15-4-2)22(30)20-19(16-10-12-18(24)13-11-16)27-29-21(25-26-23(29)31-20)17-8-6-5-7-9-17/h5-13,19-20,27H,3-4,14-15H2,1-2H3/t19-,20-/m1/s1. The molecule has 0 unspecified atom stereocenters. The van der Waals surface area contributed by atoms with Gasteiger partial charge in [0.15, 0.2) is 5.82 Å². The van der Waals surface area contributed by atoms with Gasteiger partial charge >= 0.3 is 0 Å². The summed E-state index contributed by atoms with van der Waals surface area (Å²) in [5, 5.41) is 9.80. The normalized spacial score (nSPS) is 17.6. The van der Waals surface area contributed by atoms with Crippen LogP contribution in [0.1, 0.15) is 38.3 Å². The van der Waals surface area contributed by atoms with Crippen LogP contribution in [0, 0.1) is 0 Å². The van der Waals surface area contributed by atoms with Gasteiger partial charge in [-0.1, -0.05) is 79.7 Å². The van der Waals surface area contributed by atoms with E-state index < -0.39 is 0 Å². The first kappa shape index (κ1) is 21.7. The smallest absolute Gasteiger partial charge is 0.238 e. The van der Waals surface area contributed by atoms with E-state index >= 15 is 0 Å². The van der Waals surface area contributed by atoms with Crippen molar-refractivity contribution in [2.24, 2.45) is 0 Å². The van der Waals surface area contributed by atoms with Crippen LogP contribution in [0.2, 0.25) is 5.02 Å². The van der Waals surface area contributed by atoms with Crippen molar-refractivity contribution in [3.05, 3.63) is 65.2 Å². The molecule has 4 rings (SSSR count). The number of thioether (sulfide) groups is 1. The second-order valence-electron chi connectivity index (χ2n) is 7.53. The molecular weight excluding hydrogens is 430 g/mol. The fourth-order valence-corrected chi connectivity index (χ4v) is 5.08. The van der Waals surface area contributed by atoms with Crippen molar-refractivity contribution in [1.29, 1.82) is 0 Å². The Morgan fingerprint density at radius 1 is 1.06 bits per heavy atom. The van der Waals surface area contributed by atoms with E-state index in [2.05, 4.69) is 29.5 Å². The van der Waals surface area contributed by atoms with E-state index in [1.165, 1.54) is 11.8 Å². The molecule has 2 heterocycles. The van der Waals surface area contributed by atoms with Gasteiger partial charge in [0.25, 0.3) is 0 Å². The highest BCUT2D eigenvalue weighted by atomic mass is 35.5. The lowest BCUT2D eigenvalue weighted by atomic mass is 10.0. The van der Waals surface area contributed by atoms with E-state index in [1.54, 1.807) is 0 Å². The minimum Gasteiger partial charge on any atom is -0.342 e. The van der Waals surface area contributed by atoms with E-state index in [4.69, 9.17) is 11.6 Å². The van der Waals surface area contributed by atoms with E-state index in [0.29, 0.717) is 10.2 Å². The van der Waals surface area contributed by atoms with Crippen LogP contribution in [-0.2, 0) is 4.79 Å². The Labute approximate surface area is 192 Å². The number of fused-ring (bicyclic) bond motifs is 1. The average molecular weight is 456 g/mol. The molecule has 162 valence electrons. The lowest BCUT2D eigenvalue weighted by Gasteiger charge is -2.36. The van der Waals surface area contributed by atoms with Crippen molar-refractivity contribution in [3.8, 4) is 11.4 Å². The van der Waals surface area contributed by atoms with Gasteiger partial charge in [0.05, 0.1) is 6.04 Å². The number of nitrogens with one attached hydrogen (secondary N) is 1. The second-order valence-corrected chi connectivity index (χ2v) is 9.07. The molecule has 0 aliphatic carbocycles. The number of benzene rings is 2. The largest absolute Gasteiger partial charge is 0.342 e. The van der Waals surface area contributed by atoms with Gasteiger partial charge in [-0.25, -0.2) is 4.68 Å². The maximum Gasteiger partial charge on any atom is 0.238 e. The molecule has 0 spiro atoms. The first-order chi connectivity index (χ1) is 15.1. The summed E-state index contributed by atoms with van der Waals surface area (Å²) >= 11 is 7.60. The van der Waals surface area contributed by atoms with Gasteiger partial charge < -0.3 is 10.3 Å². The maximum absolute atomic E-state index is 13.6. The number of amides is 1. The van der Waals surface area contributed by atoms with Crippen LogP contribution in [0.15, 0.2) is 59.8 Å². The third-order valence-electron chi connectivity index (χ3n) is 5.24. The molecular formula is C23H26ClN5OS. The Hall–Kier alpha value is -2.51. The summed E-state index contributed by atoms with van der Waals surface area (Å²) in [5.74, 6) is 0.851. The summed E-state index contributed by atoms with van der Waals surface area (Å²) in [6, 6.07) is 17.4. The molecule has 0 fully saturated rings. The molecule has 0 bridgehead atoms. The van der Waals surface area contributed by atoms with E-state index in [0.717, 1.165) is 42.9 Å². The molecule has 1 aliphatic rings. The van der Waals surface area contributed by atoms with Crippen molar-refractivity contribution in [1.82, 2.24) is 19.8 Å². The van der Waals surface area contributed by atoms with Crippen LogP contribution in [0.3, 0.4) is 0 Å². The lowest BCUT2D eigenvalue weighted by molar-refractivity contribution is -0.131. The van der Waals surface area contributed by atoms with Crippen molar-refractivity contribution in [2.45, 2.75) is 43.1 Å². The summed E-state index contributed by atoms with van der Waals surface area (Å²) in [5.41, 5.74) is 5.50. The molecule has 2 aromatic carbocycles. The Balaban J connectivity index is 1.73.